The second kappa shape index (κ2) is 4.07. The van der Waals surface area contributed by atoms with Crippen LogP contribution in [0.3, 0.4) is 0 Å². The van der Waals surface area contributed by atoms with Crippen molar-refractivity contribution in [3.05, 3.63) is 24.0 Å². The van der Waals surface area contributed by atoms with Crippen molar-refractivity contribution < 1.29 is 19.2 Å². The highest BCUT2D eigenvalue weighted by atomic mass is 16.7. The van der Waals surface area contributed by atoms with Gasteiger partial charge < -0.3 is 19.2 Å². The van der Waals surface area contributed by atoms with Crippen molar-refractivity contribution >= 4 is 18.6 Å². The van der Waals surface area contributed by atoms with Gasteiger partial charge in [0.15, 0.2) is 0 Å². The molecule has 0 spiro atoms. The summed E-state index contributed by atoms with van der Waals surface area (Å²) in [4.78, 5) is 14.7. The topological polar surface area (TPSA) is 71.5 Å². The van der Waals surface area contributed by atoms with Gasteiger partial charge in [-0.2, -0.15) is 0 Å². The van der Waals surface area contributed by atoms with Gasteiger partial charge in [0.05, 0.1) is 17.2 Å². The van der Waals surface area contributed by atoms with Gasteiger partial charge in [-0.05, 0) is 27.7 Å². The molecule has 1 fully saturated rings. The Morgan fingerprint density at radius 1 is 1.22 bits per heavy atom. The van der Waals surface area contributed by atoms with Gasteiger partial charge in [-0.25, -0.2) is 0 Å². The molecule has 0 unspecified atom stereocenters. The van der Waals surface area contributed by atoms with E-state index in [1.165, 1.54) is 18.5 Å². The molecule has 6 heteroatoms. The number of aromatic nitrogens is 1. The molecule has 0 bridgehead atoms. The number of aromatic carboxylic acids is 1. The van der Waals surface area contributed by atoms with E-state index < -0.39 is 24.3 Å². The lowest BCUT2D eigenvalue weighted by molar-refractivity contribution is -0.255. The highest BCUT2D eigenvalue weighted by Crippen LogP contribution is 2.36. The Labute approximate surface area is 106 Å². The van der Waals surface area contributed by atoms with E-state index in [0.29, 0.717) is 5.46 Å². The third-order valence-corrected chi connectivity index (χ3v) is 3.52. The van der Waals surface area contributed by atoms with Crippen LogP contribution in [0.4, 0.5) is 0 Å². The quantitative estimate of drug-likeness (QED) is 0.674. The van der Waals surface area contributed by atoms with Crippen LogP contribution < -0.4 is 10.6 Å². The lowest BCUT2D eigenvalue weighted by Gasteiger charge is -2.32. The van der Waals surface area contributed by atoms with Crippen LogP contribution in [0.5, 0.6) is 0 Å². The first-order valence-corrected chi connectivity index (χ1v) is 5.75. The lowest BCUT2D eigenvalue weighted by atomic mass is 9.80. The minimum absolute atomic E-state index is 0.0159. The molecule has 0 aromatic carbocycles. The largest absolute Gasteiger partial charge is 0.545 e. The molecule has 1 aromatic rings. The monoisotopic (exact) mass is 248 g/mol. The Hall–Kier alpha value is -1.40. The van der Waals surface area contributed by atoms with Gasteiger partial charge in [0.2, 0.25) is 0 Å². The molecule has 0 amide bonds. The van der Waals surface area contributed by atoms with Gasteiger partial charge in [0.1, 0.15) is 0 Å². The third kappa shape index (κ3) is 2.13. The van der Waals surface area contributed by atoms with Crippen molar-refractivity contribution in [2.75, 3.05) is 0 Å². The molecule has 0 N–H and O–H groups in total. The lowest BCUT2D eigenvalue weighted by Crippen LogP contribution is -2.41. The number of carboxylic acids is 1. The van der Waals surface area contributed by atoms with Crippen LogP contribution in [0, 0.1) is 0 Å². The van der Waals surface area contributed by atoms with E-state index >= 15 is 0 Å². The smallest absolute Gasteiger partial charge is 0.496 e. The molecule has 2 heterocycles. The molecule has 0 aliphatic carbocycles. The fraction of sp³-hybridized carbons (Fsp3) is 0.500. The zero-order valence-corrected chi connectivity index (χ0v) is 10.9. The zero-order chi connectivity index (χ0) is 13.6. The highest BCUT2D eigenvalue weighted by molar-refractivity contribution is 6.62. The fourth-order valence-electron chi connectivity index (χ4n) is 1.68. The van der Waals surface area contributed by atoms with Crippen LogP contribution in [-0.2, 0) is 9.31 Å². The number of hydrogen-bond donors (Lipinski definition) is 0. The van der Waals surface area contributed by atoms with Gasteiger partial charge in [-0.3, -0.25) is 4.98 Å². The van der Waals surface area contributed by atoms with Crippen LogP contribution >= 0.6 is 0 Å². The maximum atomic E-state index is 10.8. The molecular weight excluding hydrogens is 233 g/mol. The van der Waals surface area contributed by atoms with Crippen molar-refractivity contribution in [3.8, 4) is 0 Å². The summed E-state index contributed by atoms with van der Waals surface area (Å²) < 4.78 is 11.6. The van der Waals surface area contributed by atoms with E-state index in [0.717, 1.165) is 0 Å². The fourth-order valence-corrected chi connectivity index (χ4v) is 1.68. The predicted molar refractivity (Wildman–Crippen MR) is 64.3 cm³/mol. The summed E-state index contributed by atoms with van der Waals surface area (Å²) in [5.41, 5.74) is -0.331. The Bertz CT molecular complexity index is 471. The standard InChI is InChI=1S/C12H16BNO4/c1-11(2)12(3,4)18-13(17-11)9-5-8(10(15)16)6-14-7-9/h5-7H,1-4H3,(H,15,16)/p-1. The molecule has 0 saturated carbocycles. The average Bonchev–Trinajstić information content (AvgIpc) is 2.48. The van der Waals surface area contributed by atoms with E-state index in [-0.39, 0.29) is 5.56 Å². The molecule has 1 aliphatic rings. The SMILES string of the molecule is CC1(C)OB(c2cncc(C(=O)[O-])c2)OC1(C)C. The second-order valence-corrected chi connectivity index (χ2v) is 5.38. The minimum Gasteiger partial charge on any atom is -0.545 e. The minimum atomic E-state index is -1.26. The Kier molecular flexibility index (Phi) is 2.95. The first-order chi connectivity index (χ1) is 8.23. The van der Waals surface area contributed by atoms with Crippen molar-refractivity contribution in [2.24, 2.45) is 0 Å². The number of pyridine rings is 1. The maximum Gasteiger partial charge on any atom is 0.496 e. The number of carbonyl (C=O) groups is 1. The van der Waals surface area contributed by atoms with Gasteiger partial charge in [0.25, 0.3) is 0 Å². The molecule has 2 rings (SSSR count). The van der Waals surface area contributed by atoms with Crippen LogP contribution in [0.15, 0.2) is 18.5 Å². The summed E-state index contributed by atoms with van der Waals surface area (Å²) in [6, 6.07) is 1.46. The molecule has 5 nitrogen and oxygen atoms in total. The molecule has 1 aliphatic heterocycles. The first kappa shape index (κ1) is 13.0. The Balaban J connectivity index is 2.30. The van der Waals surface area contributed by atoms with Gasteiger partial charge in [-0.15, -0.1) is 0 Å². The summed E-state index contributed by atoms with van der Waals surface area (Å²) in [5, 5.41) is 10.8. The molecular formula is C12H15BNO4-. The maximum absolute atomic E-state index is 10.8. The van der Waals surface area contributed by atoms with E-state index in [9.17, 15) is 9.90 Å². The Morgan fingerprint density at radius 2 is 1.78 bits per heavy atom. The second-order valence-electron chi connectivity index (χ2n) is 5.38. The van der Waals surface area contributed by atoms with Crippen molar-refractivity contribution in [1.82, 2.24) is 4.98 Å². The predicted octanol–water partition coefficient (Wildman–Crippen LogP) is -0.256. The summed E-state index contributed by atoms with van der Waals surface area (Å²) in [7, 11) is -0.609. The molecule has 0 radical (unpaired) electrons. The van der Waals surface area contributed by atoms with Gasteiger partial charge in [-0.1, -0.05) is 6.07 Å². The molecule has 18 heavy (non-hydrogen) atoms. The van der Waals surface area contributed by atoms with E-state index in [1.54, 1.807) is 0 Å². The first-order valence-electron chi connectivity index (χ1n) is 5.75. The molecule has 1 aromatic heterocycles. The zero-order valence-electron chi connectivity index (χ0n) is 10.9. The molecule has 96 valence electrons. The summed E-state index contributed by atoms with van der Waals surface area (Å²) in [5.74, 6) is -1.26. The number of nitrogens with zero attached hydrogens (tertiary/aromatic N) is 1. The molecule has 0 atom stereocenters. The summed E-state index contributed by atoms with van der Waals surface area (Å²) >= 11 is 0. The normalized spacial score (nSPS) is 21.0. The number of rotatable bonds is 2. The van der Waals surface area contributed by atoms with Crippen LogP contribution in [0.2, 0.25) is 0 Å². The summed E-state index contributed by atoms with van der Waals surface area (Å²) in [6.45, 7) is 7.73. The van der Waals surface area contributed by atoms with Crippen LogP contribution in [0.25, 0.3) is 0 Å². The highest BCUT2D eigenvalue weighted by Gasteiger charge is 2.51. The average molecular weight is 248 g/mol. The van der Waals surface area contributed by atoms with Crippen molar-refractivity contribution in [1.29, 1.82) is 0 Å². The van der Waals surface area contributed by atoms with Crippen LogP contribution in [-0.4, -0.2) is 29.3 Å². The number of hydrogen-bond acceptors (Lipinski definition) is 5. The third-order valence-electron chi connectivity index (χ3n) is 3.52. The molecule has 1 saturated heterocycles. The van der Waals surface area contributed by atoms with Crippen molar-refractivity contribution in [3.63, 3.8) is 0 Å². The van der Waals surface area contributed by atoms with E-state index in [1.807, 2.05) is 27.7 Å². The van der Waals surface area contributed by atoms with E-state index in [2.05, 4.69) is 4.98 Å². The van der Waals surface area contributed by atoms with Crippen molar-refractivity contribution in [2.45, 2.75) is 38.9 Å². The number of carboxylic acid groups (broad SMARTS) is 1. The van der Waals surface area contributed by atoms with Gasteiger partial charge in [0, 0.05) is 23.4 Å². The Morgan fingerprint density at radius 3 is 2.28 bits per heavy atom. The van der Waals surface area contributed by atoms with Gasteiger partial charge >= 0.3 is 7.12 Å². The summed E-state index contributed by atoms with van der Waals surface area (Å²) in [6.07, 6.45) is 2.78. The number of carbonyl (C=O) groups excluding carboxylic acids is 1. The van der Waals surface area contributed by atoms with Crippen LogP contribution in [0.1, 0.15) is 38.1 Å². The van der Waals surface area contributed by atoms with E-state index in [4.69, 9.17) is 9.31 Å².